The minimum atomic E-state index is -3.56. The first-order chi connectivity index (χ1) is 18.0. The summed E-state index contributed by atoms with van der Waals surface area (Å²) in [5.41, 5.74) is 0.181. The van der Waals surface area contributed by atoms with E-state index in [-0.39, 0.29) is 30.3 Å². The fourth-order valence-electron chi connectivity index (χ4n) is 3.76. The quantitative estimate of drug-likeness (QED) is 0.229. The van der Waals surface area contributed by atoms with Gasteiger partial charge in [-0.2, -0.15) is 5.10 Å². The lowest BCUT2D eigenvalue weighted by Gasteiger charge is -2.20. The molecule has 0 unspecified atom stereocenters. The Hall–Kier alpha value is -4.48. The summed E-state index contributed by atoms with van der Waals surface area (Å²) >= 11 is 0. The fourth-order valence-corrected chi connectivity index (χ4v) is 3.76. The molecular weight excluding hydrogens is 512 g/mol. The number of carbonyl (C=O) groups is 2. The maximum absolute atomic E-state index is 12.8. The Morgan fingerprint density at radius 1 is 1.21 bits per heavy atom. The number of methoxy groups -OCH3 is 1. The molecule has 3 aromatic rings. The Labute approximate surface area is 213 Å². The van der Waals surface area contributed by atoms with Crippen LogP contribution in [-0.4, -0.2) is 96.4 Å². The summed E-state index contributed by atoms with van der Waals surface area (Å²) in [4.78, 5) is 31.5. The maximum atomic E-state index is 12.8. The van der Waals surface area contributed by atoms with Crippen LogP contribution in [0.1, 0.15) is 10.5 Å². The minimum Gasteiger partial charge on any atom is -0.494 e. The number of nitrogens with zero attached hydrogens (tertiary/aromatic N) is 7. The van der Waals surface area contributed by atoms with Gasteiger partial charge in [-0.15, -0.1) is 10.2 Å². The first-order valence-electron chi connectivity index (χ1n) is 11.0. The molecule has 1 fully saturated rings. The molecule has 1 aromatic carbocycles. The van der Waals surface area contributed by atoms with Gasteiger partial charge in [0, 0.05) is 26.2 Å². The SMILES string of the molecule is COc1c(Nc2cc(N3CCN(CC(F)F)C3=O)nnc2C(=O)NC(O)(O)O)cccc1-c1ncn(C)n1. The molecule has 2 aromatic heterocycles. The number of aliphatic hydroxyl groups is 3. The van der Waals surface area contributed by atoms with E-state index in [1.54, 1.807) is 25.2 Å². The Kier molecular flexibility index (Phi) is 7.33. The van der Waals surface area contributed by atoms with Gasteiger partial charge < -0.3 is 30.3 Å². The van der Waals surface area contributed by atoms with Gasteiger partial charge in [-0.1, -0.05) is 6.07 Å². The van der Waals surface area contributed by atoms with E-state index in [1.165, 1.54) is 29.5 Å². The molecule has 1 aliphatic heterocycles. The summed E-state index contributed by atoms with van der Waals surface area (Å²) in [7, 11) is 3.08. The molecule has 0 spiro atoms. The second kappa shape index (κ2) is 10.5. The van der Waals surface area contributed by atoms with E-state index in [2.05, 4.69) is 25.6 Å². The topological polar surface area (TPSA) is 191 Å². The van der Waals surface area contributed by atoms with E-state index < -0.39 is 36.7 Å². The van der Waals surface area contributed by atoms with E-state index in [4.69, 9.17) is 4.74 Å². The van der Waals surface area contributed by atoms with Crippen molar-refractivity contribution in [3.63, 3.8) is 0 Å². The van der Waals surface area contributed by atoms with Crippen molar-refractivity contribution in [1.82, 2.24) is 35.2 Å². The highest BCUT2D eigenvalue weighted by molar-refractivity contribution is 6.00. The summed E-state index contributed by atoms with van der Waals surface area (Å²) < 4.78 is 32.7. The molecule has 3 amide bonds. The zero-order valence-corrected chi connectivity index (χ0v) is 20.0. The van der Waals surface area contributed by atoms with Gasteiger partial charge in [0.05, 0.1) is 30.6 Å². The fraction of sp³-hybridized carbons (Fsp3) is 0.333. The largest absolute Gasteiger partial charge is 0.494 e. The summed E-state index contributed by atoms with van der Waals surface area (Å²) in [5.74, 6) is -0.709. The normalized spacial score (nSPS) is 13.8. The molecule has 0 bridgehead atoms. The highest BCUT2D eigenvalue weighted by Crippen LogP contribution is 2.37. The number of carbonyl (C=O) groups excluding carboxylic acids is 2. The van der Waals surface area contributed by atoms with Crippen molar-refractivity contribution in [3.05, 3.63) is 36.3 Å². The highest BCUT2D eigenvalue weighted by Gasteiger charge is 2.34. The van der Waals surface area contributed by atoms with Crippen LogP contribution in [0.25, 0.3) is 11.4 Å². The predicted molar refractivity (Wildman–Crippen MR) is 125 cm³/mol. The molecule has 5 N–H and O–H groups in total. The van der Waals surface area contributed by atoms with E-state index in [0.29, 0.717) is 17.1 Å². The number of anilines is 3. The lowest BCUT2D eigenvalue weighted by atomic mass is 10.1. The van der Waals surface area contributed by atoms with Gasteiger partial charge in [0.15, 0.2) is 23.1 Å². The average molecular weight is 535 g/mol. The first-order valence-corrected chi connectivity index (χ1v) is 11.0. The van der Waals surface area contributed by atoms with Crippen molar-refractivity contribution < 1.29 is 38.4 Å². The molecule has 0 atom stereocenters. The number of amides is 3. The van der Waals surface area contributed by atoms with Crippen molar-refractivity contribution in [1.29, 1.82) is 0 Å². The first kappa shape index (κ1) is 26.6. The van der Waals surface area contributed by atoms with Crippen LogP contribution >= 0.6 is 0 Å². The van der Waals surface area contributed by atoms with Crippen LogP contribution < -0.4 is 20.3 Å². The number of halogens is 2. The van der Waals surface area contributed by atoms with Crippen molar-refractivity contribution in [2.45, 2.75) is 12.5 Å². The second-order valence-electron chi connectivity index (χ2n) is 8.08. The van der Waals surface area contributed by atoms with Crippen molar-refractivity contribution >= 4 is 29.1 Å². The van der Waals surface area contributed by atoms with Gasteiger partial charge in [-0.05, 0) is 12.1 Å². The summed E-state index contributed by atoms with van der Waals surface area (Å²) in [5, 5.41) is 43.9. The molecule has 38 heavy (non-hydrogen) atoms. The van der Waals surface area contributed by atoms with Crippen LogP contribution in [0.15, 0.2) is 30.6 Å². The molecule has 0 aliphatic carbocycles. The molecule has 202 valence electrons. The number of para-hydroxylation sites is 1. The lowest BCUT2D eigenvalue weighted by Crippen LogP contribution is -2.48. The van der Waals surface area contributed by atoms with Crippen LogP contribution in [0.4, 0.5) is 30.8 Å². The van der Waals surface area contributed by atoms with Gasteiger partial charge >= 0.3 is 12.1 Å². The van der Waals surface area contributed by atoms with Gasteiger partial charge in [0.25, 0.3) is 12.3 Å². The summed E-state index contributed by atoms with van der Waals surface area (Å²) in [6.07, 6.45) is -4.79. The number of hydrogen-bond donors (Lipinski definition) is 5. The number of alkyl halides is 2. The zero-order chi connectivity index (χ0) is 27.6. The molecule has 0 saturated carbocycles. The van der Waals surface area contributed by atoms with Crippen LogP contribution in [0.2, 0.25) is 0 Å². The molecule has 17 heteroatoms. The van der Waals surface area contributed by atoms with Gasteiger partial charge in [-0.25, -0.2) is 18.6 Å². The molecule has 1 aliphatic rings. The number of ether oxygens (including phenoxy) is 1. The Bertz CT molecular complexity index is 1350. The van der Waals surface area contributed by atoms with Crippen LogP contribution in [0.5, 0.6) is 5.75 Å². The van der Waals surface area contributed by atoms with E-state index in [0.717, 1.165) is 9.80 Å². The number of benzene rings is 1. The average Bonchev–Trinajstić information content (AvgIpc) is 3.43. The third-order valence-corrected chi connectivity index (χ3v) is 5.34. The summed E-state index contributed by atoms with van der Waals surface area (Å²) in [6.45, 7) is -0.710. The predicted octanol–water partition coefficient (Wildman–Crippen LogP) is -0.151. The van der Waals surface area contributed by atoms with Crippen LogP contribution in [0, 0.1) is 0 Å². The number of aromatic nitrogens is 5. The van der Waals surface area contributed by atoms with Crippen LogP contribution in [0.3, 0.4) is 0 Å². The van der Waals surface area contributed by atoms with Crippen molar-refractivity contribution in [2.75, 3.05) is 37.0 Å². The smallest absolute Gasteiger partial charge is 0.369 e. The third-order valence-electron chi connectivity index (χ3n) is 5.34. The molecule has 15 nitrogen and oxygen atoms in total. The lowest BCUT2D eigenvalue weighted by molar-refractivity contribution is -0.323. The number of aryl methyl sites for hydroxylation is 1. The molecule has 3 heterocycles. The number of hydrogen-bond acceptors (Lipinski definition) is 11. The Morgan fingerprint density at radius 2 is 1.97 bits per heavy atom. The van der Waals surface area contributed by atoms with Gasteiger partial charge in [0.2, 0.25) is 0 Å². The van der Waals surface area contributed by atoms with Crippen molar-refractivity contribution in [3.8, 4) is 17.1 Å². The van der Waals surface area contributed by atoms with Gasteiger partial charge in [-0.3, -0.25) is 19.7 Å². The molecule has 0 radical (unpaired) electrons. The monoisotopic (exact) mass is 535 g/mol. The standard InChI is InChI=1S/C21H23F2N9O6/c1-30-10-24-18(29-30)11-4-3-5-12(17(11)38-2)25-13-8-15(27-28-16(13)19(33)26-21(35,36)37)32-7-6-31(20(32)34)9-14(22)23/h3-5,8,10,14,35-37H,6-7,9H2,1-2H3,(H,25,27)(H,26,33). The Morgan fingerprint density at radius 3 is 2.61 bits per heavy atom. The minimum absolute atomic E-state index is 0.0187. The Balaban J connectivity index is 1.74. The highest BCUT2D eigenvalue weighted by atomic mass is 19.3. The van der Waals surface area contributed by atoms with Crippen LogP contribution in [-0.2, 0) is 7.05 Å². The number of rotatable bonds is 9. The summed E-state index contributed by atoms with van der Waals surface area (Å²) in [6, 6.07) is 5.44. The molecular formula is C21H23F2N9O6. The number of urea groups is 1. The molecule has 4 rings (SSSR count). The van der Waals surface area contributed by atoms with Crippen molar-refractivity contribution in [2.24, 2.45) is 7.05 Å². The molecule has 1 saturated heterocycles. The second-order valence-corrected chi connectivity index (χ2v) is 8.08. The third kappa shape index (κ3) is 5.74. The van der Waals surface area contributed by atoms with E-state index in [9.17, 15) is 33.7 Å². The number of nitrogens with one attached hydrogen (secondary N) is 2. The van der Waals surface area contributed by atoms with E-state index in [1.807, 2.05) is 0 Å². The van der Waals surface area contributed by atoms with Gasteiger partial charge in [0.1, 0.15) is 6.33 Å². The maximum Gasteiger partial charge on any atom is 0.369 e. The van der Waals surface area contributed by atoms with E-state index >= 15 is 0 Å². The zero-order valence-electron chi connectivity index (χ0n) is 20.0.